The third-order valence-electron chi connectivity index (χ3n) is 5.99. The Bertz CT molecular complexity index is 991. The summed E-state index contributed by atoms with van der Waals surface area (Å²) < 4.78 is 23.6. The third-order valence-corrected chi connectivity index (χ3v) is 7.89. The molecule has 0 unspecified atom stereocenters. The molecule has 1 N–H and O–H groups in total. The first-order valence-corrected chi connectivity index (χ1v) is 11.1. The number of nitrogens with zero attached hydrogens (tertiary/aromatic N) is 2. The molecule has 3 amide bonds. The third kappa shape index (κ3) is 2.88. The molecule has 0 saturated carbocycles. The number of hydrogen-bond acceptors (Lipinski definition) is 5. The number of carbonyl (C=O) groups excluding carboxylic acids is 3. The van der Waals surface area contributed by atoms with Crippen LogP contribution >= 0.6 is 0 Å². The maximum atomic E-state index is 13.1. The summed E-state index contributed by atoms with van der Waals surface area (Å²) in [6.45, 7) is 3.26. The van der Waals surface area contributed by atoms with E-state index in [0.29, 0.717) is 30.5 Å². The average molecular weight is 405 g/mol. The van der Waals surface area contributed by atoms with E-state index < -0.39 is 26.9 Å². The lowest BCUT2D eigenvalue weighted by molar-refractivity contribution is -0.125. The van der Waals surface area contributed by atoms with E-state index in [0.717, 1.165) is 0 Å². The van der Waals surface area contributed by atoms with E-state index in [-0.39, 0.29) is 29.9 Å². The first kappa shape index (κ1) is 18.9. The highest BCUT2D eigenvalue weighted by Gasteiger charge is 2.53. The Balaban J connectivity index is 1.62. The van der Waals surface area contributed by atoms with E-state index in [2.05, 4.69) is 5.32 Å². The van der Waals surface area contributed by atoms with Gasteiger partial charge in [-0.05, 0) is 38.8 Å². The number of anilines is 1. The Morgan fingerprint density at radius 2 is 1.89 bits per heavy atom. The van der Waals surface area contributed by atoms with Crippen LogP contribution in [0.3, 0.4) is 0 Å². The smallest absolute Gasteiger partial charge is 0.258 e. The predicted octanol–water partition coefficient (Wildman–Crippen LogP) is 0.679. The van der Waals surface area contributed by atoms with Gasteiger partial charge in [-0.25, -0.2) is 8.42 Å². The van der Waals surface area contributed by atoms with Gasteiger partial charge in [0, 0.05) is 6.42 Å². The molecule has 1 aromatic rings. The topological polar surface area (TPSA) is 104 Å². The second-order valence-corrected chi connectivity index (χ2v) is 10.5. The molecule has 8 nitrogen and oxygen atoms in total. The van der Waals surface area contributed by atoms with E-state index in [9.17, 15) is 22.8 Å². The molecule has 0 aliphatic carbocycles. The lowest BCUT2D eigenvalue weighted by atomic mass is 9.98. The van der Waals surface area contributed by atoms with Gasteiger partial charge in [0.05, 0.1) is 28.3 Å². The van der Waals surface area contributed by atoms with Gasteiger partial charge in [-0.1, -0.05) is 12.1 Å². The van der Waals surface area contributed by atoms with Gasteiger partial charge in [-0.3, -0.25) is 19.3 Å². The van der Waals surface area contributed by atoms with Gasteiger partial charge in [0.1, 0.15) is 12.2 Å². The van der Waals surface area contributed by atoms with E-state index >= 15 is 0 Å². The zero-order valence-corrected chi connectivity index (χ0v) is 16.7. The minimum absolute atomic E-state index is 0.0415. The van der Waals surface area contributed by atoms with Gasteiger partial charge in [0.2, 0.25) is 11.8 Å². The Labute approximate surface area is 163 Å². The summed E-state index contributed by atoms with van der Waals surface area (Å²) in [5.74, 6) is -0.873. The van der Waals surface area contributed by atoms with Crippen molar-refractivity contribution in [2.45, 2.75) is 44.3 Å². The molecule has 2 saturated heterocycles. The molecule has 9 heteroatoms. The lowest BCUT2D eigenvalue weighted by Crippen LogP contribution is -2.64. The van der Waals surface area contributed by atoms with Gasteiger partial charge >= 0.3 is 0 Å². The normalized spacial score (nSPS) is 30.9. The molecule has 2 fully saturated rings. The Kier molecular flexibility index (Phi) is 4.08. The van der Waals surface area contributed by atoms with Crippen molar-refractivity contribution in [1.82, 2.24) is 10.2 Å². The number of fused-ring (bicyclic) bond motifs is 3. The number of carbonyl (C=O) groups is 3. The van der Waals surface area contributed by atoms with Crippen LogP contribution in [0.2, 0.25) is 0 Å². The van der Waals surface area contributed by atoms with Crippen LogP contribution in [0.1, 0.15) is 43.5 Å². The number of amides is 3. The second kappa shape index (κ2) is 6.04. The van der Waals surface area contributed by atoms with Crippen molar-refractivity contribution < 1.29 is 22.8 Å². The van der Waals surface area contributed by atoms with Gasteiger partial charge in [0.15, 0.2) is 9.84 Å². The molecule has 3 aliphatic rings. The highest BCUT2D eigenvalue weighted by atomic mass is 32.2. The maximum Gasteiger partial charge on any atom is 0.258 e. The Hall–Kier alpha value is -2.42. The van der Waals surface area contributed by atoms with Crippen LogP contribution in [0.4, 0.5) is 5.69 Å². The van der Waals surface area contributed by atoms with E-state index in [1.54, 1.807) is 43.0 Å². The van der Waals surface area contributed by atoms with Crippen LogP contribution in [-0.4, -0.2) is 60.3 Å². The summed E-state index contributed by atoms with van der Waals surface area (Å²) in [6.07, 6.45) is 1.08. The first-order valence-electron chi connectivity index (χ1n) is 9.30. The van der Waals surface area contributed by atoms with Crippen LogP contribution in [0.25, 0.3) is 0 Å². The molecule has 3 heterocycles. The standard InChI is InChI=1S/C19H23N3O5S/c1-18(9-10-28(26,27)12-18)20-15(23)11-21-17(25)13-5-3-4-6-14(13)22-16(24)7-8-19(21,22)2/h3-6H,7-12H2,1-2H3,(H,20,23)/t18-,19-/m0/s1. The van der Waals surface area contributed by atoms with Crippen molar-refractivity contribution in [1.29, 1.82) is 0 Å². The van der Waals surface area contributed by atoms with Crippen molar-refractivity contribution in [2.24, 2.45) is 0 Å². The fourth-order valence-electron chi connectivity index (χ4n) is 4.57. The van der Waals surface area contributed by atoms with Crippen LogP contribution in [-0.2, 0) is 19.4 Å². The Morgan fingerprint density at radius 1 is 1.18 bits per heavy atom. The molecule has 28 heavy (non-hydrogen) atoms. The molecule has 1 aromatic carbocycles. The fourth-order valence-corrected chi connectivity index (χ4v) is 6.66. The summed E-state index contributed by atoms with van der Waals surface area (Å²) in [6, 6.07) is 6.90. The summed E-state index contributed by atoms with van der Waals surface area (Å²) in [5.41, 5.74) is -0.790. The van der Waals surface area contributed by atoms with Gasteiger partial charge in [-0.2, -0.15) is 0 Å². The largest absolute Gasteiger partial charge is 0.348 e. The molecule has 3 aliphatic heterocycles. The lowest BCUT2D eigenvalue weighted by Gasteiger charge is -2.48. The molecular formula is C19H23N3O5S. The van der Waals surface area contributed by atoms with Gasteiger partial charge in [0.25, 0.3) is 5.91 Å². The van der Waals surface area contributed by atoms with Gasteiger partial charge < -0.3 is 10.2 Å². The average Bonchev–Trinajstić information content (AvgIpc) is 3.07. The quantitative estimate of drug-likeness (QED) is 0.796. The fraction of sp³-hybridized carbons (Fsp3) is 0.526. The van der Waals surface area contributed by atoms with Crippen LogP contribution in [0.15, 0.2) is 24.3 Å². The molecule has 2 atom stereocenters. The van der Waals surface area contributed by atoms with E-state index in [4.69, 9.17) is 0 Å². The molecule has 0 radical (unpaired) electrons. The van der Waals surface area contributed by atoms with Crippen molar-refractivity contribution in [3.8, 4) is 0 Å². The SMILES string of the molecule is C[C@]1(NC(=O)CN2C(=O)c3ccccc3N3C(=O)CC[C@@]23C)CCS(=O)(=O)C1. The molecule has 0 bridgehead atoms. The van der Waals surface area contributed by atoms with Crippen molar-refractivity contribution in [2.75, 3.05) is 23.0 Å². The predicted molar refractivity (Wildman–Crippen MR) is 102 cm³/mol. The van der Waals surface area contributed by atoms with Crippen molar-refractivity contribution in [3.05, 3.63) is 29.8 Å². The number of para-hydroxylation sites is 1. The number of benzene rings is 1. The van der Waals surface area contributed by atoms with Crippen molar-refractivity contribution >= 4 is 33.2 Å². The Morgan fingerprint density at radius 3 is 2.57 bits per heavy atom. The molecule has 0 aromatic heterocycles. The number of nitrogens with one attached hydrogen (secondary N) is 1. The van der Waals surface area contributed by atoms with Crippen LogP contribution < -0.4 is 10.2 Å². The zero-order valence-electron chi connectivity index (χ0n) is 15.9. The minimum atomic E-state index is -3.17. The second-order valence-electron chi connectivity index (χ2n) is 8.31. The molecular weight excluding hydrogens is 382 g/mol. The summed E-state index contributed by atoms with van der Waals surface area (Å²) in [5, 5.41) is 2.80. The number of rotatable bonds is 3. The highest BCUT2D eigenvalue weighted by Crippen LogP contribution is 2.43. The number of sulfone groups is 1. The molecule has 150 valence electrons. The van der Waals surface area contributed by atoms with Crippen LogP contribution in [0, 0.1) is 0 Å². The highest BCUT2D eigenvalue weighted by molar-refractivity contribution is 7.91. The van der Waals surface area contributed by atoms with E-state index in [1.165, 1.54) is 4.90 Å². The summed E-state index contributed by atoms with van der Waals surface area (Å²) in [4.78, 5) is 41.5. The summed E-state index contributed by atoms with van der Waals surface area (Å²) in [7, 11) is -3.17. The maximum absolute atomic E-state index is 13.1. The van der Waals surface area contributed by atoms with Crippen molar-refractivity contribution in [3.63, 3.8) is 0 Å². The number of hydrogen-bond donors (Lipinski definition) is 1. The summed E-state index contributed by atoms with van der Waals surface area (Å²) >= 11 is 0. The minimum Gasteiger partial charge on any atom is -0.348 e. The monoisotopic (exact) mass is 405 g/mol. The zero-order chi connectivity index (χ0) is 20.3. The van der Waals surface area contributed by atoms with Gasteiger partial charge in [-0.15, -0.1) is 0 Å². The van der Waals surface area contributed by atoms with Crippen LogP contribution in [0.5, 0.6) is 0 Å². The molecule has 4 rings (SSSR count). The molecule has 0 spiro atoms. The van der Waals surface area contributed by atoms with E-state index in [1.807, 2.05) is 0 Å². The first-order chi connectivity index (χ1) is 13.0.